The molecule has 0 aromatic heterocycles. The summed E-state index contributed by atoms with van der Waals surface area (Å²) < 4.78 is 0. The topological polar surface area (TPSA) is 26.0 Å². The van der Waals surface area contributed by atoms with Crippen molar-refractivity contribution in [2.45, 2.75) is 106 Å². The average molecular weight is 448 g/mol. The Labute approximate surface area is 205 Å². The van der Waals surface area contributed by atoms with Crippen molar-refractivity contribution in [1.29, 1.82) is 0 Å². The SMILES string of the molecule is C=C1c2cc(N)ccc2C2C=Cc3ccc(C)c1c32.CC.CCCC.CCCCCCCC. The number of rotatable bonds is 6. The molecule has 0 spiro atoms. The number of unbranched alkanes of at least 4 members (excludes halogenated alkanes) is 6. The van der Waals surface area contributed by atoms with Crippen molar-refractivity contribution in [3.05, 3.63) is 76.4 Å². The van der Waals surface area contributed by atoms with Gasteiger partial charge in [0, 0.05) is 11.6 Å². The third kappa shape index (κ3) is 7.63. The minimum Gasteiger partial charge on any atom is -0.399 e. The maximum Gasteiger partial charge on any atom is 0.0320 e. The molecule has 4 rings (SSSR count). The van der Waals surface area contributed by atoms with Crippen molar-refractivity contribution < 1.29 is 0 Å². The molecular weight excluding hydrogens is 398 g/mol. The lowest BCUT2D eigenvalue weighted by Gasteiger charge is -2.28. The predicted molar refractivity (Wildman–Crippen MR) is 152 cm³/mol. The minimum atomic E-state index is 0.367. The van der Waals surface area contributed by atoms with Gasteiger partial charge in [-0.3, -0.25) is 0 Å². The highest BCUT2D eigenvalue weighted by Crippen LogP contribution is 2.48. The summed E-state index contributed by atoms with van der Waals surface area (Å²) in [6, 6.07) is 10.6. The molecule has 182 valence electrons. The molecule has 0 saturated carbocycles. The summed E-state index contributed by atoms with van der Waals surface area (Å²) in [5.74, 6) is 0.367. The summed E-state index contributed by atoms with van der Waals surface area (Å²) >= 11 is 0. The zero-order valence-corrected chi connectivity index (χ0v) is 22.6. The molecule has 0 fully saturated rings. The minimum absolute atomic E-state index is 0.367. The molecular formula is C32H49N. The molecule has 0 bridgehead atoms. The number of fused-ring (bicyclic) bond motifs is 2. The van der Waals surface area contributed by atoms with Gasteiger partial charge < -0.3 is 5.73 Å². The van der Waals surface area contributed by atoms with Crippen LogP contribution in [0.15, 0.2) is 43.0 Å². The van der Waals surface area contributed by atoms with Gasteiger partial charge >= 0.3 is 0 Å². The Kier molecular flexibility index (Phi) is 13.5. The molecule has 2 N–H and O–H groups in total. The molecule has 33 heavy (non-hydrogen) atoms. The Bertz CT molecular complexity index is 880. The van der Waals surface area contributed by atoms with Crippen molar-refractivity contribution in [3.63, 3.8) is 0 Å². The van der Waals surface area contributed by atoms with Crippen LogP contribution in [0.3, 0.4) is 0 Å². The molecule has 0 radical (unpaired) electrons. The van der Waals surface area contributed by atoms with E-state index in [1.165, 1.54) is 84.7 Å². The first kappa shape index (κ1) is 28.8. The Morgan fingerprint density at radius 3 is 1.97 bits per heavy atom. The van der Waals surface area contributed by atoms with Gasteiger partial charge in [-0.05, 0) is 58.0 Å². The first-order valence-corrected chi connectivity index (χ1v) is 13.4. The number of hydrogen-bond donors (Lipinski definition) is 1. The first-order valence-electron chi connectivity index (χ1n) is 13.4. The fourth-order valence-electron chi connectivity index (χ4n) is 4.28. The van der Waals surface area contributed by atoms with Crippen LogP contribution >= 0.6 is 0 Å². The van der Waals surface area contributed by atoms with Crippen LogP contribution in [0.5, 0.6) is 0 Å². The van der Waals surface area contributed by atoms with Crippen LogP contribution in [0.2, 0.25) is 0 Å². The van der Waals surface area contributed by atoms with E-state index < -0.39 is 0 Å². The van der Waals surface area contributed by atoms with E-state index in [4.69, 9.17) is 5.73 Å². The standard InChI is InChI=1S/C18H15N.C8H18.C4H10.C2H6/c1-10-3-4-12-5-7-15-14-8-6-13(19)9-16(14)11(2)17(10)18(12)15;1-3-5-7-8-6-4-2;1-3-4-2;1-2/h3-9,15H,2,19H2,1H3;3-8H2,1-2H3;3-4H2,1-2H3;1-2H3. The summed E-state index contributed by atoms with van der Waals surface area (Å²) in [7, 11) is 0. The summed E-state index contributed by atoms with van der Waals surface area (Å²) in [6.07, 6.45) is 15.6. The number of aryl methyl sites for hydroxylation is 1. The van der Waals surface area contributed by atoms with E-state index in [9.17, 15) is 0 Å². The lowest BCUT2D eigenvalue weighted by Crippen LogP contribution is -2.12. The quantitative estimate of drug-likeness (QED) is 0.346. The van der Waals surface area contributed by atoms with Crippen LogP contribution in [-0.2, 0) is 0 Å². The maximum absolute atomic E-state index is 5.94. The molecule has 2 aromatic rings. The molecule has 0 amide bonds. The molecule has 2 aliphatic carbocycles. The van der Waals surface area contributed by atoms with Crippen LogP contribution in [-0.4, -0.2) is 0 Å². The maximum atomic E-state index is 5.94. The molecule has 1 atom stereocenters. The second-order valence-corrected chi connectivity index (χ2v) is 8.84. The van der Waals surface area contributed by atoms with Crippen molar-refractivity contribution in [2.75, 3.05) is 5.73 Å². The Balaban J connectivity index is 0.000000328. The number of allylic oxidation sites excluding steroid dienone is 1. The fourth-order valence-corrected chi connectivity index (χ4v) is 4.28. The zero-order chi connectivity index (χ0) is 24.8. The second kappa shape index (κ2) is 15.5. The number of benzene rings is 2. The van der Waals surface area contributed by atoms with E-state index in [1.54, 1.807) is 0 Å². The van der Waals surface area contributed by atoms with Gasteiger partial charge in [0.2, 0.25) is 0 Å². The normalized spacial score (nSPS) is 14.0. The molecule has 1 nitrogen and oxygen atoms in total. The van der Waals surface area contributed by atoms with Crippen molar-refractivity contribution in [3.8, 4) is 0 Å². The highest BCUT2D eigenvalue weighted by atomic mass is 14.5. The molecule has 0 heterocycles. The highest BCUT2D eigenvalue weighted by Gasteiger charge is 2.31. The summed E-state index contributed by atoms with van der Waals surface area (Å²) in [6.45, 7) is 19.4. The van der Waals surface area contributed by atoms with Crippen LogP contribution < -0.4 is 5.73 Å². The van der Waals surface area contributed by atoms with Gasteiger partial charge in [-0.15, -0.1) is 0 Å². The van der Waals surface area contributed by atoms with Gasteiger partial charge in [-0.1, -0.05) is 130 Å². The lowest BCUT2D eigenvalue weighted by molar-refractivity contribution is 0.624. The van der Waals surface area contributed by atoms with E-state index in [-0.39, 0.29) is 0 Å². The van der Waals surface area contributed by atoms with E-state index in [2.05, 4.69) is 77.6 Å². The van der Waals surface area contributed by atoms with Crippen molar-refractivity contribution in [1.82, 2.24) is 0 Å². The van der Waals surface area contributed by atoms with E-state index in [0.717, 1.165) is 11.3 Å². The van der Waals surface area contributed by atoms with Crippen molar-refractivity contribution in [2.24, 2.45) is 0 Å². The van der Waals surface area contributed by atoms with Gasteiger partial charge in [0.15, 0.2) is 0 Å². The largest absolute Gasteiger partial charge is 0.399 e. The average Bonchev–Trinajstić information content (AvgIpc) is 3.27. The Morgan fingerprint density at radius 1 is 0.818 bits per heavy atom. The van der Waals surface area contributed by atoms with Gasteiger partial charge in [0.1, 0.15) is 0 Å². The third-order valence-corrected chi connectivity index (χ3v) is 6.26. The zero-order valence-electron chi connectivity index (χ0n) is 22.6. The monoisotopic (exact) mass is 447 g/mol. The van der Waals surface area contributed by atoms with E-state index >= 15 is 0 Å². The summed E-state index contributed by atoms with van der Waals surface area (Å²) in [5.41, 5.74) is 15.7. The second-order valence-electron chi connectivity index (χ2n) is 8.84. The van der Waals surface area contributed by atoms with Crippen molar-refractivity contribution >= 4 is 17.3 Å². The fraction of sp³-hybridized carbons (Fsp3) is 0.500. The first-order chi connectivity index (χ1) is 16.0. The van der Waals surface area contributed by atoms with Crippen LogP contribution in [0.25, 0.3) is 11.6 Å². The third-order valence-electron chi connectivity index (χ3n) is 6.26. The molecule has 1 heteroatoms. The summed E-state index contributed by atoms with van der Waals surface area (Å²) in [5, 5.41) is 0. The number of hydrogen-bond acceptors (Lipinski definition) is 1. The van der Waals surface area contributed by atoms with Crippen LogP contribution in [0.1, 0.15) is 132 Å². The molecule has 1 unspecified atom stereocenters. The van der Waals surface area contributed by atoms with E-state index in [0.29, 0.717) is 5.92 Å². The smallest absolute Gasteiger partial charge is 0.0320 e. The predicted octanol–water partition coefficient (Wildman–Crippen LogP) is 10.3. The number of anilines is 1. The number of nitrogen functional groups attached to an aromatic ring is 1. The van der Waals surface area contributed by atoms with Gasteiger partial charge in [0.05, 0.1) is 0 Å². The lowest BCUT2D eigenvalue weighted by atomic mass is 9.75. The van der Waals surface area contributed by atoms with Gasteiger partial charge in [-0.25, -0.2) is 0 Å². The van der Waals surface area contributed by atoms with Gasteiger partial charge in [0.25, 0.3) is 0 Å². The Hall–Kier alpha value is -2.28. The number of nitrogens with two attached hydrogens (primary N) is 1. The van der Waals surface area contributed by atoms with Crippen LogP contribution in [0, 0.1) is 6.92 Å². The van der Waals surface area contributed by atoms with Gasteiger partial charge in [-0.2, -0.15) is 0 Å². The molecule has 0 aliphatic heterocycles. The van der Waals surface area contributed by atoms with Crippen LogP contribution in [0.4, 0.5) is 5.69 Å². The highest BCUT2D eigenvalue weighted by molar-refractivity contribution is 5.91. The Morgan fingerprint density at radius 2 is 1.42 bits per heavy atom. The molecule has 2 aliphatic rings. The molecule has 0 saturated heterocycles. The molecule has 2 aromatic carbocycles. The van der Waals surface area contributed by atoms with E-state index in [1.807, 2.05) is 19.9 Å². The summed E-state index contributed by atoms with van der Waals surface area (Å²) in [4.78, 5) is 0.